The molecule has 10 rings (SSSR count). The van der Waals surface area contributed by atoms with Gasteiger partial charge in [0.25, 0.3) is 0 Å². The fourth-order valence-electron chi connectivity index (χ4n) is 7.59. The van der Waals surface area contributed by atoms with Crippen LogP contribution in [0.15, 0.2) is 194 Å². The summed E-state index contributed by atoms with van der Waals surface area (Å²) in [4.78, 5) is 10.3. The van der Waals surface area contributed by atoms with Crippen LogP contribution in [0, 0.1) is 0 Å². The van der Waals surface area contributed by atoms with Gasteiger partial charge in [0.05, 0.1) is 22.4 Å². The summed E-state index contributed by atoms with van der Waals surface area (Å²) in [5, 5.41) is 7.15. The summed E-state index contributed by atoms with van der Waals surface area (Å²) in [7, 11) is 0. The van der Waals surface area contributed by atoms with Crippen molar-refractivity contribution >= 4 is 43.4 Å². The summed E-state index contributed by atoms with van der Waals surface area (Å²) in [5.74, 6) is 0. The first-order valence-corrected chi connectivity index (χ1v) is 17.7. The molecule has 2 aromatic heterocycles. The Balaban J connectivity index is 1.09. The van der Waals surface area contributed by atoms with Gasteiger partial charge in [-0.2, -0.15) is 0 Å². The minimum atomic E-state index is 0.916. The third-order valence-electron chi connectivity index (χ3n) is 10.2. The predicted octanol–water partition coefficient (Wildman–Crippen LogP) is 13.4. The van der Waals surface area contributed by atoms with Crippen molar-refractivity contribution in [2.24, 2.45) is 0 Å². The van der Waals surface area contributed by atoms with Crippen molar-refractivity contribution in [3.63, 3.8) is 0 Å². The topological polar surface area (TPSA) is 25.8 Å². The molecular formula is C50H32N2. The first kappa shape index (κ1) is 30.0. The van der Waals surface area contributed by atoms with Crippen LogP contribution < -0.4 is 0 Å². The van der Waals surface area contributed by atoms with E-state index in [1.807, 2.05) is 6.07 Å². The lowest BCUT2D eigenvalue weighted by atomic mass is 9.89. The largest absolute Gasteiger partial charge is 0.245 e. The Morgan fingerprint density at radius 3 is 1.23 bits per heavy atom. The quantitative estimate of drug-likeness (QED) is 0.172. The molecule has 10 aromatic rings. The van der Waals surface area contributed by atoms with Crippen LogP contribution in [0.3, 0.4) is 0 Å². The standard InChI is InChI=1S/C50H32N2/c1-2-12-36(13-3-1)47-28-26-38-24-25-39-27-29-48(52-50(39)49(38)51-47)37-22-20-33(21-23-37)40-30-41(45-18-8-14-34-10-4-6-16-43(34)45)32-42(31-40)46-19-9-15-35-11-5-7-17-44(35)46/h1-32H. The average Bonchev–Trinajstić information content (AvgIpc) is 3.23. The highest BCUT2D eigenvalue weighted by Crippen LogP contribution is 2.38. The molecule has 0 N–H and O–H groups in total. The fraction of sp³-hybridized carbons (Fsp3) is 0. The van der Waals surface area contributed by atoms with Crippen molar-refractivity contribution in [2.75, 3.05) is 0 Å². The summed E-state index contributed by atoms with van der Waals surface area (Å²) >= 11 is 0. The van der Waals surface area contributed by atoms with Crippen LogP contribution in [0.2, 0.25) is 0 Å². The third kappa shape index (κ3) is 5.30. The van der Waals surface area contributed by atoms with Gasteiger partial charge in [0.1, 0.15) is 0 Å². The van der Waals surface area contributed by atoms with E-state index in [1.54, 1.807) is 0 Å². The van der Waals surface area contributed by atoms with Gasteiger partial charge in [-0.1, -0.05) is 164 Å². The van der Waals surface area contributed by atoms with Gasteiger partial charge in [-0.3, -0.25) is 0 Å². The molecule has 0 amide bonds. The zero-order valence-corrected chi connectivity index (χ0v) is 28.4. The van der Waals surface area contributed by atoms with Gasteiger partial charge in [0.15, 0.2) is 0 Å². The fourth-order valence-corrected chi connectivity index (χ4v) is 7.59. The molecule has 0 saturated heterocycles. The van der Waals surface area contributed by atoms with Crippen LogP contribution in [0.4, 0.5) is 0 Å². The molecule has 2 nitrogen and oxygen atoms in total. The Kier molecular flexibility index (Phi) is 7.18. The molecule has 0 aliphatic rings. The molecule has 0 spiro atoms. The van der Waals surface area contributed by atoms with Gasteiger partial charge in [-0.25, -0.2) is 9.97 Å². The van der Waals surface area contributed by atoms with E-state index in [-0.39, 0.29) is 0 Å². The number of benzene rings is 8. The average molecular weight is 661 g/mol. The van der Waals surface area contributed by atoms with Crippen molar-refractivity contribution in [1.82, 2.24) is 9.97 Å². The van der Waals surface area contributed by atoms with E-state index in [0.29, 0.717) is 0 Å². The van der Waals surface area contributed by atoms with Crippen molar-refractivity contribution in [2.45, 2.75) is 0 Å². The lowest BCUT2D eigenvalue weighted by molar-refractivity contribution is 1.36. The van der Waals surface area contributed by atoms with Crippen LogP contribution in [-0.4, -0.2) is 9.97 Å². The molecule has 2 heteroatoms. The maximum Gasteiger partial charge on any atom is 0.0972 e. The monoisotopic (exact) mass is 660 g/mol. The second-order valence-corrected chi connectivity index (χ2v) is 13.4. The minimum Gasteiger partial charge on any atom is -0.245 e. The van der Waals surface area contributed by atoms with Crippen molar-refractivity contribution in [3.05, 3.63) is 194 Å². The number of fused-ring (bicyclic) bond motifs is 5. The summed E-state index contributed by atoms with van der Waals surface area (Å²) in [6, 6.07) is 69.5. The Labute approximate surface area is 302 Å². The summed E-state index contributed by atoms with van der Waals surface area (Å²) in [6.45, 7) is 0. The van der Waals surface area contributed by atoms with E-state index in [2.05, 4.69) is 188 Å². The van der Waals surface area contributed by atoms with E-state index < -0.39 is 0 Å². The molecule has 0 aliphatic carbocycles. The molecular weight excluding hydrogens is 629 g/mol. The highest BCUT2D eigenvalue weighted by atomic mass is 14.8. The third-order valence-corrected chi connectivity index (χ3v) is 10.2. The van der Waals surface area contributed by atoms with Crippen LogP contribution in [-0.2, 0) is 0 Å². The van der Waals surface area contributed by atoms with Gasteiger partial charge >= 0.3 is 0 Å². The number of aromatic nitrogens is 2. The van der Waals surface area contributed by atoms with Crippen LogP contribution >= 0.6 is 0 Å². The summed E-state index contributed by atoms with van der Waals surface area (Å²) in [6.07, 6.45) is 0. The first-order valence-electron chi connectivity index (χ1n) is 17.7. The predicted molar refractivity (Wildman–Crippen MR) is 219 cm³/mol. The molecule has 8 aromatic carbocycles. The lowest BCUT2D eigenvalue weighted by Gasteiger charge is -2.15. The van der Waals surface area contributed by atoms with Gasteiger partial charge in [-0.05, 0) is 85.3 Å². The van der Waals surface area contributed by atoms with E-state index in [9.17, 15) is 0 Å². The number of nitrogens with zero attached hydrogens (tertiary/aromatic N) is 2. The lowest BCUT2D eigenvalue weighted by Crippen LogP contribution is -1.91. The zero-order valence-electron chi connectivity index (χ0n) is 28.4. The minimum absolute atomic E-state index is 0.916. The van der Waals surface area contributed by atoms with Gasteiger partial charge in [0.2, 0.25) is 0 Å². The Hall–Kier alpha value is -6.90. The number of rotatable bonds is 5. The Bertz CT molecular complexity index is 2840. The molecule has 0 radical (unpaired) electrons. The number of hydrogen-bond acceptors (Lipinski definition) is 2. The second kappa shape index (κ2) is 12.5. The summed E-state index contributed by atoms with van der Waals surface area (Å²) in [5.41, 5.74) is 13.1. The molecule has 0 bridgehead atoms. The normalized spacial score (nSPS) is 11.5. The van der Waals surface area contributed by atoms with Crippen LogP contribution in [0.1, 0.15) is 0 Å². The maximum absolute atomic E-state index is 5.21. The second-order valence-electron chi connectivity index (χ2n) is 13.4. The highest BCUT2D eigenvalue weighted by molar-refractivity contribution is 6.04. The molecule has 2 heterocycles. The Morgan fingerprint density at radius 1 is 0.250 bits per heavy atom. The molecule has 0 saturated carbocycles. The van der Waals surface area contributed by atoms with E-state index >= 15 is 0 Å². The SMILES string of the molecule is c1ccc(-c2ccc3ccc4ccc(-c5ccc(-c6cc(-c7cccc8ccccc78)cc(-c7cccc8ccccc78)c6)cc5)nc4c3n2)cc1. The van der Waals surface area contributed by atoms with Crippen molar-refractivity contribution < 1.29 is 0 Å². The maximum atomic E-state index is 5.21. The molecule has 0 atom stereocenters. The van der Waals surface area contributed by atoms with E-state index in [0.717, 1.165) is 49.9 Å². The molecule has 52 heavy (non-hydrogen) atoms. The van der Waals surface area contributed by atoms with E-state index in [1.165, 1.54) is 49.4 Å². The summed E-state index contributed by atoms with van der Waals surface area (Å²) < 4.78 is 0. The highest BCUT2D eigenvalue weighted by Gasteiger charge is 2.13. The van der Waals surface area contributed by atoms with E-state index in [4.69, 9.17) is 9.97 Å². The molecule has 0 fully saturated rings. The van der Waals surface area contributed by atoms with Crippen LogP contribution in [0.25, 0.3) is 99.2 Å². The van der Waals surface area contributed by atoms with Crippen molar-refractivity contribution in [1.29, 1.82) is 0 Å². The first-order chi connectivity index (χ1) is 25.7. The molecule has 0 unspecified atom stereocenters. The van der Waals surface area contributed by atoms with Crippen molar-refractivity contribution in [3.8, 4) is 55.9 Å². The number of pyridine rings is 2. The Morgan fingerprint density at radius 2 is 0.673 bits per heavy atom. The molecule has 242 valence electrons. The number of hydrogen-bond donors (Lipinski definition) is 0. The molecule has 0 aliphatic heterocycles. The smallest absolute Gasteiger partial charge is 0.0972 e. The van der Waals surface area contributed by atoms with Crippen LogP contribution in [0.5, 0.6) is 0 Å². The van der Waals surface area contributed by atoms with Gasteiger partial charge in [-0.15, -0.1) is 0 Å². The van der Waals surface area contributed by atoms with Gasteiger partial charge < -0.3 is 0 Å². The van der Waals surface area contributed by atoms with Gasteiger partial charge in [0, 0.05) is 21.9 Å². The zero-order chi connectivity index (χ0) is 34.4.